The van der Waals surface area contributed by atoms with Crippen LogP contribution in [0, 0.1) is 6.92 Å². The van der Waals surface area contributed by atoms with Gasteiger partial charge in [0.1, 0.15) is 12.4 Å². The molecule has 4 heterocycles. The number of aromatic nitrogens is 3. The molecule has 0 aliphatic carbocycles. The molecule has 2 aliphatic rings. The molecule has 218 valence electrons. The van der Waals surface area contributed by atoms with E-state index in [0.717, 1.165) is 87.7 Å². The average Bonchev–Trinajstić information content (AvgIpc) is 3.39. The lowest BCUT2D eigenvalue weighted by Crippen LogP contribution is -2.44. The molecule has 0 bridgehead atoms. The topological polar surface area (TPSA) is 78.5 Å². The minimum absolute atomic E-state index is 0.450. The SMILES string of the molecule is C=CC=CCc1[nH]cc(-c2ccc3nc(OCCN4CCOCC4)nc(N4CCNCC4)c3c2)c1C.CC.CC. The summed E-state index contributed by atoms with van der Waals surface area (Å²) >= 11 is 0. The molecule has 2 N–H and O–H groups in total. The number of allylic oxidation sites excluding steroid dienone is 3. The highest BCUT2D eigenvalue weighted by Crippen LogP contribution is 2.33. The van der Waals surface area contributed by atoms with Gasteiger partial charge in [-0.05, 0) is 30.2 Å². The maximum atomic E-state index is 6.07. The van der Waals surface area contributed by atoms with Crippen molar-refractivity contribution in [2.75, 3.05) is 70.5 Å². The Hall–Kier alpha value is -3.20. The summed E-state index contributed by atoms with van der Waals surface area (Å²) in [5.41, 5.74) is 5.75. The van der Waals surface area contributed by atoms with E-state index in [4.69, 9.17) is 19.4 Å². The van der Waals surface area contributed by atoms with Crippen molar-refractivity contribution < 1.29 is 9.47 Å². The number of ether oxygens (including phenoxy) is 2. The number of morpholine rings is 1. The van der Waals surface area contributed by atoms with Gasteiger partial charge < -0.3 is 24.7 Å². The Kier molecular flexibility index (Phi) is 13.2. The molecule has 0 spiro atoms. The van der Waals surface area contributed by atoms with Crippen LogP contribution in [-0.2, 0) is 11.2 Å². The molecule has 8 heteroatoms. The van der Waals surface area contributed by atoms with E-state index in [1.807, 2.05) is 33.8 Å². The Morgan fingerprint density at radius 2 is 1.80 bits per heavy atom. The van der Waals surface area contributed by atoms with Gasteiger partial charge in [0.15, 0.2) is 0 Å². The van der Waals surface area contributed by atoms with Gasteiger partial charge >= 0.3 is 6.01 Å². The molecule has 0 unspecified atom stereocenters. The number of hydrogen-bond donors (Lipinski definition) is 2. The highest BCUT2D eigenvalue weighted by atomic mass is 16.5. The Bertz CT molecular complexity index is 1210. The van der Waals surface area contributed by atoms with Crippen LogP contribution in [0.25, 0.3) is 22.0 Å². The Labute approximate surface area is 240 Å². The molecule has 2 saturated heterocycles. The summed E-state index contributed by atoms with van der Waals surface area (Å²) in [6.45, 7) is 22.5. The molecule has 3 aromatic rings. The molecule has 5 rings (SSSR count). The van der Waals surface area contributed by atoms with Crippen LogP contribution in [0.3, 0.4) is 0 Å². The van der Waals surface area contributed by atoms with Crippen LogP contribution in [0.15, 0.2) is 49.2 Å². The molecule has 0 saturated carbocycles. The molecule has 2 aliphatic heterocycles. The molecule has 2 aromatic heterocycles. The first kappa shape index (κ1) is 31.3. The van der Waals surface area contributed by atoms with Gasteiger partial charge in [0.2, 0.25) is 0 Å². The standard InChI is InChI=1S/C28H36N6O2.2C2H6/c1-3-4-5-6-25-21(2)24(20-30-25)22-7-8-26-23(19-22)27(34-11-9-29-10-12-34)32-28(31-26)36-18-15-33-13-16-35-17-14-33;2*1-2/h3-5,7-8,19-20,29-30H,1,6,9-18H2,2H3;2*1-2H3. The molecule has 40 heavy (non-hydrogen) atoms. The highest BCUT2D eigenvalue weighted by molar-refractivity contribution is 5.93. The van der Waals surface area contributed by atoms with Crippen molar-refractivity contribution in [3.8, 4) is 17.1 Å². The predicted octanol–water partition coefficient (Wildman–Crippen LogP) is 5.39. The number of anilines is 1. The average molecular weight is 549 g/mol. The third-order valence-electron chi connectivity index (χ3n) is 6.97. The van der Waals surface area contributed by atoms with E-state index in [2.05, 4.69) is 64.1 Å². The van der Waals surface area contributed by atoms with Crippen molar-refractivity contribution in [2.45, 2.75) is 41.0 Å². The van der Waals surface area contributed by atoms with Crippen molar-refractivity contribution in [2.24, 2.45) is 0 Å². The molecule has 0 radical (unpaired) electrons. The number of hydrogen-bond acceptors (Lipinski definition) is 7. The zero-order chi connectivity index (χ0) is 28.7. The van der Waals surface area contributed by atoms with Crippen LogP contribution in [0.5, 0.6) is 6.01 Å². The van der Waals surface area contributed by atoms with Crippen LogP contribution in [-0.4, -0.2) is 85.5 Å². The lowest BCUT2D eigenvalue weighted by Gasteiger charge is -2.29. The lowest BCUT2D eigenvalue weighted by atomic mass is 10.0. The Morgan fingerprint density at radius 3 is 2.52 bits per heavy atom. The number of nitrogens with one attached hydrogen (secondary N) is 2. The molecule has 1 aromatic carbocycles. The smallest absolute Gasteiger partial charge is 0.318 e. The molecule has 0 atom stereocenters. The summed E-state index contributed by atoms with van der Waals surface area (Å²) in [5.74, 6) is 0.951. The zero-order valence-corrected chi connectivity index (χ0v) is 25.1. The van der Waals surface area contributed by atoms with Gasteiger partial charge in [-0.25, -0.2) is 0 Å². The summed E-state index contributed by atoms with van der Waals surface area (Å²) in [5, 5.41) is 4.50. The molecule has 8 nitrogen and oxygen atoms in total. The number of H-pyrrole nitrogens is 1. The summed E-state index contributed by atoms with van der Waals surface area (Å²) in [4.78, 5) is 17.8. The van der Waals surface area contributed by atoms with E-state index < -0.39 is 0 Å². The maximum absolute atomic E-state index is 6.07. The van der Waals surface area contributed by atoms with Gasteiger partial charge in [-0.1, -0.05) is 58.6 Å². The first-order chi connectivity index (χ1) is 19.7. The monoisotopic (exact) mass is 548 g/mol. The predicted molar refractivity (Wildman–Crippen MR) is 168 cm³/mol. The fourth-order valence-corrected chi connectivity index (χ4v) is 4.86. The number of piperazine rings is 1. The number of aromatic amines is 1. The maximum Gasteiger partial charge on any atom is 0.318 e. The molecule has 2 fully saturated rings. The lowest BCUT2D eigenvalue weighted by molar-refractivity contribution is 0.0317. The van der Waals surface area contributed by atoms with Crippen molar-refractivity contribution in [3.05, 3.63) is 60.5 Å². The third-order valence-corrected chi connectivity index (χ3v) is 6.97. The van der Waals surface area contributed by atoms with E-state index in [9.17, 15) is 0 Å². The van der Waals surface area contributed by atoms with E-state index in [1.54, 1.807) is 6.08 Å². The third kappa shape index (κ3) is 8.16. The van der Waals surface area contributed by atoms with Crippen LogP contribution in [0.1, 0.15) is 39.0 Å². The Balaban J connectivity index is 0.00000106. The van der Waals surface area contributed by atoms with Gasteiger partial charge in [-0.3, -0.25) is 4.90 Å². The fraction of sp³-hybridized carbons (Fsp3) is 0.500. The summed E-state index contributed by atoms with van der Waals surface area (Å²) in [7, 11) is 0. The minimum atomic E-state index is 0.450. The fourth-order valence-electron chi connectivity index (χ4n) is 4.86. The van der Waals surface area contributed by atoms with Crippen LogP contribution < -0.4 is 15.0 Å². The van der Waals surface area contributed by atoms with Crippen molar-refractivity contribution in [1.82, 2.24) is 25.2 Å². The van der Waals surface area contributed by atoms with Crippen LogP contribution in [0.2, 0.25) is 0 Å². The van der Waals surface area contributed by atoms with Gasteiger partial charge in [-0.2, -0.15) is 9.97 Å². The van der Waals surface area contributed by atoms with Crippen LogP contribution in [0.4, 0.5) is 5.82 Å². The number of nitrogens with zero attached hydrogens (tertiary/aromatic N) is 4. The second kappa shape index (κ2) is 16.8. The largest absolute Gasteiger partial charge is 0.462 e. The van der Waals surface area contributed by atoms with E-state index in [0.29, 0.717) is 12.6 Å². The zero-order valence-electron chi connectivity index (χ0n) is 25.1. The Morgan fingerprint density at radius 1 is 1.05 bits per heavy atom. The first-order valence-electron chi connectivity index (χ1n) is 14.9. The summed E-state index contributed by atoms with van der Waals surface area (Å²) < 4.78 is 11.5. The van der Waals surface area contributed by atoms with Crippen molar-refractivity contribution >= 4 is 16.7 Å². The summed E-state index contributed by atoms with van der Waals surface area (Å²) in [6, 6.07) is 6.92. The van der Waals surface area contributed by atoms with Gasteiger partial charge in [0.05, 0.1) is 18.7 Å². The van der Waals surface area contributed by atoms with Gasteiger partial charge in [0.25, 0.3) is 0 Å². The first-order valence-corrected chi connectivity index (χ1v) is 14.9. The van der Waals surface area contributed by atoms with Crippen molar-refractivity contribution in [1.29, 1.82) is 0 Å². The second-order valence-corrected chi connectivity index (χ2v) is 9.28. The molecular formula is C32H48N6O2. The van der Waals surface area contributed by atoms with Crippen LogP contribution >= 0.6 is 0 Å². The van der Waals surface area contributed by atoms with Gasteiger partial charge in [0, 0.05) is 75.1 Å². The van der Waals surface area contributed by atoms with Gasteiger partial charge in [-0.15, -0.1) is 0 Å². The molecule has 0 amide bonds. The highest BCUT2D eigenvalue weighted by Gasteiger charge is 2.19. The summed E-state index contributed by atoms with van der Waals surface area (Å²) in [6.07, 6.45) is 8.86. The second-order valence-electron chi connectivity index (χ2n) is 9.28. The van der Waals surface area contributed by atoms with E-state index >= 15 is 0 Å². The van der Waals surface area contributed by atoms with Crippen molar-refractivity contribution in [3.63, 3.8) is 0 Å². The quantitative estimate of drug-likeness (QED) is 0.347. The normalized spacial score (nSPS) is 15.8. The molecular weight excluding hydrogens is 500 g/mol. The minimum Gasteiger partial charge on any atom is -0.462 e. The van der Waals surface area contributed by atoms with E-state index in [-0.39, 0.29) is 0 Å². The number of benzene rings is 1. The van der Waals surface area contributed by atoms with E-state index in [1.165, 1.54) is 16.8 Å². The number of rotatable bonds is 9. The number of fused-ring (bicyclic) bond motifs is 1.